The molecule has 0 fully saturated rings. The van der Waals surface area contributed by atoms with Crippen molar-refractivity contribution in [2.24, 2.45) is 0 Å². The predicted molar refractivity (Wildman–Crippen MR) is 114 cm³/mol. The lowest BCUT2D eigenvalue weighted by Gasteiger charge is -2.11. The molecule has 0 aliphatic carbocycles. The summed E-state index contributed by atoms with van der Waals surface area (Å²) in [6.07, 6.45) is -4.58. The largest absolute Gasteiger partial charge is 0.487 e. The Kier molecular flexibility index (Phi) is 5.61. The van der Waals surface area contributed by atoms with Gasteiger partial charge in [0.15, 0.2) is 5.69 Å². The molecule has 0 saturated carbocycles. The zero-order chi connectivity index (χ0) is 22.0. The van der Waals surface area contributed by atoms with Crippen LogP contribution in [0.1, 0.15) is 11.4 Å². The van der Waals surface area contributed by atoms with Crippen molar-refractivity contribution in [2.45, 2.75) is 12.8 Å². The van der Waals surface area contributed by atoms with Gasteiger partial charge < -0.3 is 10.5 Å². The van der Waals surface area contributed by atoms with Gasteiger partial charge in [0, 0.05) is 5.69 Å². The van der Waals surface area contributed by atoms with Crippen LogP contribution in [0.15, 0.2) is 78.9 Å². The van der Waals surface area contributed by atoms with E-state index in [0.29, 0.717) is 17.1 Å². The van der Waals surface area contributed by atoms with E-state index in [1.807, 2.05) is 36.4 Å². The van der Waals surface area contributed by atoms with Gasteiger partial charge in [0.05, 0.1) is 16.4 Å². The van der Waals surface area contributed by atoms with Crippen molar-refractivity contribution in [2.75, 3.05) is 5.73 Å². The molecule has 0 aliphatic heterocycles. The van der Waals surface area contributed by atoms with Crippen LogP contribution in [-0.2, 0) is 12.8 Å². The van der Waals surface area contributed by atoms with E-state index in [0.717, 1.165) is 21.9 Å². The molecule has 4 rings (SSSR count). The smallest absolute Gasteiger partial charge is 0.435 e. The molecule has 0 unspecified atom stereocenters. The third-order valence-corrected chi connectivity index (χ3v) is 4.96. The van der Waals surface area contributed by atoms with Crippen LogP contribution in [0.25, 0.3) is 16.8 Å². The standard InChI is InChI=1S/C23H17ClF3N3O/c24-20-3-1-2-4-21(20)30-18(13-22(29-30)23(25,26)27)14-31-19-11-7-16(8-12-19)15-5-9-17(28)10-6-15/h1-13H,14,28H2. The maximum atomic E-state index is 13.2. The van der Waals surface area contributed by atoms with E-state index in [2.05, 4.69) is 5.10 Å². The van der Waals surface area contributed by atoms with Gasteiger partial charge in [-0.05, 0) is 53.6 Å². The maximum absolute atomic E-state index is 13.2. The third kappa shape index (κ3) is 4.67. The topological polar surface area (TPSA) is 53.1 Å². The number of ether oxygens (including phenoxy) is 1. The summed E-state index contributed by atoms with van der Waals surface area (Å²) < 4.78 is 46.6. The summed E-state index contributed by atoms with van der Waals surface area (Å²) in [6, 6.07) is 22.2. The van der Waals surface area contributed by atoms with E-state index < -0.39 is 11.9 Å². The number of nitrogen functional groups attached to an aromatic ring is 1. The van der Waals surface area contributed by atoms with Crippen molar-refractivity contribution in [1.29, 1.82) is 0 Å². The van der Waals surface area contributed by atoms with Crippen LogP contribution in [0.3, 0.4) is 0 Å². The Balaban J connectivity index is 1.57. The van der Waals surface area contributed by atoms with Gasteiger partial charge in [-0.25, -0.2) is 4.68 Å². The van der Waals surface area contributed by atoms with Gasteiger partial charge >= 0.3 is 6.18 Å². The average molecular weight is 444 g/mol. The summed E-state index contributed by atoms with van der Waals surface area (Å²) >= 11 is 6.17. The van der Waals surface area contributed by atoms with Crippen LogP contribution in [0.4, 0.5) is 18.9 Å². The van der Waals surface area contributed by atoms with Crippen molar-refractivity contribution in [3.63, 3.8) is 0 Å². The first-order valence-electron chi connectivity index (χ1n) is 9.31. The number of para-hydroxylation sites is 1. The molecule has 1 heterocycles. The molecular formula is C23H17ClF3N3O. The Morgan fingerprint density at radius 3 is 2.13 bits per heavy atom. The minimum atomic E-state index is -4.58. The Morgan fingerprint density at radius 2 is 1.52 bits per heavy atom. The van der Waals surface area contributed by atoms with E-state index in [4.69, 9.17) is 22.1 Å². The Hall–Kier alpha value is -3.45. The number of hydrogen-bond acceptors (Lipinski definition) is 3. The van der Waals surface area contributed by atoms with E-state index in [-0.39, 0.29) is 17.3 Å². The molecule has 4 aromatic rings. The van der Waals surface area contributed by atoms with Crippen molar-refractivity contribution in [3.05, 3.63) is 95.3 Å². The number of halogens is 4. The van der Waals surface area contributed by atoms with Gasteiger partial charge in [-0.2, -0.15) is 18.3 Å². The highest BCUT2D eigenvalue weighted by Gasteiger charge is 2.35. The summed E-state index contributed by atoms with van der Waals surface area (Å²) in [7, 11) is 0. The monoisotopic (exact) mass is 443 g/mol. The average Bonchev–Trinajstić information content (AvgIpc) is 3.18. The predicted octanol–water partition coefficient (Wildman–Crippen LogP) is 6.37. The first-order valence-corrected chi connectivity index (χ1v) is 9.69. The first kappa shape index (κ1) is 20.8. The molecule has 0 radical (unpaired) electrons. The Morgan fingerprint density at radius 1 is 0.903 bits per heavy atom. The summed E-state index contributed by atoms with van der Waals surface area (Å²) in [6.45, 7) is -0.116. The van der Waals surface area contributed by atoms with E-state index in [9.17, 15) is 13.2 Å². The van der Waals surface area contributed by atoms with Crippen molar-refractivity contribution in [3.8, 4) is 22.6 Å². The lowest BCUT2D eigenvalue weighted by atomic mass is 10.1. The van der Waals surface area contributed by atoms with Crippen molar-refractivity contribution < 1.29 is 17.9 Å². The van der Waals surface area contributed by atoms with Crippen molar-refractivity contribution in [1.82, 2.24) is 9.78 Å². The number of anilines is 1. The van der Waals surface area contributed by atoms with Gasteiger partial charge in [-0.15, -0.1) is 0 Å². The molecule has 8 heteroatoms. The second kappa shape index (κ2) is 8.35. The first-order chi connectivity index (χ1) is 14.8. The SMILES string of the molecule is Nc1ccc(-c2ccc(OCc3cc(C(F)(F)F)nn3-c3ccccc3Cl)cc2)cc1. The number of aromatic nitrogens is 2. The highest BCUT2D eigenvalue weighted by Crippen LogP contribution is 2.31. The van der Waals surface area contributed by atoms with Crippen LogP contribution < -0.4 is 10.5 Å². The molecule has 4 nitrogen and oxygen atoms in total. The second-order valence-electron chi connectivity index (χ2n) is 6.82. The van der Waals surface area contributed by atoms with Crippen LogP contribution >= 0.6 is 11.6 Å². The Bertz CT molecular complexity index is 1190. The maximum Gasteiger partial charge on any atom is 0.435 e. The van der Waals surface area contributed by atoms with E-state index in [1.54, 1.807) is 36.4 Å². The molecule has 158 valence electrons. The molecule has 0 aliphatic rings. The number of benzene rings is 3. The quantitative estimate of drug-likeness (QED) is 0.364. The summed E-state index contributed by atoms with van der Waals surface area (Å²) in [5.41, 5.74) is 7.91. The fourth-order valence-corrected chi connectivity index (χ4v) is 3.29. The highest BCUT2D eigenvalue weighted by molar-refractivity contribution is 6.32. The highest BCUT2D eigenvalue weighted by atomic mass is 35.5. The number of nitrogens with two attached hydrogens (primary N) is 1. The van der Waals surface area contributed by atoms with Crippen LogP contribution in [0, 0.1) is 0 Å². The summed E-state index contributed by atoms with van der Waals surface area (Å²) in [5.74, 6) is 0.514. The molecule has 0 atom stereocenters. The Labute approximate surface area is 181 Å². The zero-order valence-corrected chi connectivity index (χ0v) is 16.9. The molecule has 2 N–H and O–H groups in total. The normalized spacial score (nSPS) is 11.5. The van der Waals surface area contributed by atoms with Gasteiger partial charge in [-0.1, -0.05) is 48.0 Å². The minimum Gasteiger partial charge on any atom is -0.487 e. The van der Waals surface area contributed by atoms with E-state index >= 15 is 0 Å². The van der Waals surface area contributed by atoms with Crippen LogP contribution in [0.5, 0.6) is 5.75 Å². The summed E-state index contributed by atoms with van der Waals surface area (Å²) in [4.78, 5) is 0. The number of hydrogen-bond donors (Lipinski definition) is 1. The second-order valence-corrected chi connectivity index (χ2v) is 7.22. The van der Waals surface area contributed by atoms with Gasteiger partial charge in [0.25, 0.3) is 0 Å². The van der Waals surface area contributed by atoms with Crippen LogP contribution in [-0.4, -0.2) is 9.78 Å². The zero-order valence-electron chi connectivity index (χ0n) is 16.1. The fourth-order valence-electron chi connectivity index (χ4n) is 3.07. The molecule has 0 saturated heterocycles. The van der Waals surface area contributed by atoms with Gasteiger partial charge in [0.2, 0.25) is 0 Å². The molecule has 1 aromatic heterocycles. The molecule has 0 bridgehead atoms. The lowest BCUT2D eigenvalue weighted by Crippen LogP contribution is -2.08. The fraction of sp³-hybridized carbons (Fsp3) is 0.0870. The van der Waals surface area contributed by atoms with E-state index in [1.165, 1.54) is 0 Å². The minimum absolute atomic E-state index is 0.116. The number of alkyl halides is 3. The molecule has 0 spiro atoms. The van der Waals surface area contributed by atoms with Crippen LogP contribution in [0.2, 0.25) is 5.02 Å². The third-order valence-electron chi connectivity index (χ3n) is 4.64. The molecule has 31 heavy (non-hydrogen) atoms. The molecule has 0 amide bonds. The molecular weight excluding hydrogens is 427 g/mol. The van der Waals surface area contributed by atoms with Gasteiger partial charge in [0.1, 0.15) is 12.4 Å². The van der Waals surface area contributed by atoms with Crippen molar-refractivity contribution >= 4 is 17.3 Å². The number of rotatable bonds is 5. The number of nitrogens with zero attached hydrogens (tertiary/aromatic N) is 2. The van der Waals surface area contributed by atoms with Gasteiger partial charge in [-0.3, -0.25) is 0 Å². The summed E-state index contributed by atoms with van der Waals surface area (Å²) in [5, 5.41) is 3.99. The molecule has 3 aromatic carbocycles. The lowest BCUT2D eigenvalue weighted by molar-refractivity contribution is -0.141.